The largest absolute Gasteiger partial charge is 0.513 e. The second-order valence-electron chi connectivity index (χ2n) is 12.3. The van der Waals surface area contributed by atoms with Gasteiger partial charge in [-0.1, -0.05) is 6.58 Å². The van der Waals surface area contributed by atoms with Gasteiger partial charge in [0.25, 0.3) is 0 Å². The molecule has 10 heteroatoms. The van der Waals surface area contributed by atoms with Gasteiger partial charge in [-0.25, -0.2) is 4.79 Å². The number of rotatable bonds is 16. The lowest BCUT2D eigenvalue weighted by molar-refractivity contribution is -0.890. The van der Waals surface area contributed by atoms with Gasteiger partial charge in [0.2, 0.25) is 0 Å². The van der Waals surface area contributed by atoms with E-state index in [1.807, 2.05) is 0 Å². The molecule has 0 atom stereocenters. The molecule has 190 valence electrons. The molecule has 0 aliphatic heterocycles. The first-order valence-corrected chi connectivity index (χ1v) is 24.7. The van der Waals surface area contributed by atoms with Crippen molar-refractivity contribution in [3.63, 3.8) is 0 Å². The molecule has 0 radical (unpaired) electrons. The van der Waals surface area contributed by atoms with Gasteiger partial charge in [-0.3, -0.25) is 0 Å². The molecule has 0 aliphatic carbocycles. The summed E-state index contributed by atoms with van der Waals surface area (Å²) in [6, 6.07) is 3.60. The van der Waals surface area contributed by atoms with E-state index in [-0.39, 0.29) is 0 Å². The van der Waals surface area contributed by atoms with Crippen molar-refractivity contribution >= 4 is 39.4 Å². The van der Waals surface area contributed by atoms with Crippen LogP contribution in [-0.2, 0) is 17.7 Å². The highest BCUT2D eigenvalue weighted by atomic mass is 28.4. The molecule has 0 spiro atoms. The van der Waals surface area contributed by atoms with E-state index in [2.05, 4.69) is 84.3 Å². The fourth-order valence-corrected chi connectivity index (χ4v) is 23.8. The van der Waals surface area contributed by atoms with Crippen LogP contribution in [0.2, 0.25) is 77.1 Å². The smallest absolute Gasteiger partial charge is 0.456 e. The van der Waals surface area contributed by atoms with E-state index in [0.717, 1.165) is 30.3 Å². The molecule has 0 unspecified atom stereocenters. The molecule has 0 heterocycles. The van der Waals surface area contributed by atoms with Crippen LogP contribution in [-0.4, -0.2) is 77.7 Å². The van der Waals surface area contributed by atoms with E-state index < -0.39 is 39.4 Å². The van der Waals surface area contributed by atoms with E-state index in [0.29, 0.717) is 6.61 Å². The van der Waals surface area contributed by atoms with Gasteiger partial charge in [0.05, 0.1) is 26.9 Å². The predicted molar refractivity (Wildman–Crippen MR) is 146 cm³/mol. The first-order chi connectivity index (χ1) is 14.3. The molecule has 0 aliphatic rings. The lowest BCUT2D eigenvalue weighted by Gasteiger charge is -2.37. The van der Waals surface area contributed by atoms with Gasteiger partial charge in [0.15, 0.2) is 33.3 Å². The number of quaternary nitrogens is 1. The number of hydrogen-bond acceptors (Lipinski definition) is 5. The van der Waals surface area contributed by atoms with Crippen LogP contribution >= 0.6 is 0 Å². The molecule has 0 aromatic carbocycles. The van der Waals surface area contributed by atoms with Crippen LogP contribution in [0.1, 0.15) is 12.8 Å². The maximum Gasteiger partial charge on any atom is 0.513 e. The SMILES string of the molecule is C=COC(=O)OCC[N+](C)(C)CCCC[Si](C)(C)O[Si](C)(C)CC[Si](C)(C)O[Si](C)(C)C. The Kier molecular flexibility index (Phi) is 12.9. The summed E-state index contributed by atoms with van der Waals surface area (Å²) in [6.45, 7) is 26.7. The Morgan fingerprint density at radius 1 is 0.781 bits per heavy atom. The molecule has 0 N–H and O–H groups in total. The second kappa shape index (κ2) is 13.0. The standard InChI is InChI=1S/C22H52NO5Si4/c1-13-25-22(24)26-18-17-23(2,3)16-14-15-19-30(7,8)28-32(11,12)21-20-31(9,10)27-29(4,5)6/h13H,1,14-21H2,2-12H3/q+1. The van der Waals surface area contributed by atoms with Crippen LogP contribution in [0.4, 0.5) is 4.79 Å². The van der Waals surface area contributed by atoms with Gasteiger partial charge >= 0.3 is 6.16 Å². The highest BCUT2D eigenvalue weighted by Crippen LogP contribution is 2.28. The van der Waals surface area contributed by atoms with Gasteiger partial charge < -0.3 is 22.2 Å². The number of likely N-dealkylation sites (N-methyl/N-ethyl adjacent to an activating group) is 1. The normalized spacial score (nSPS) is 13.7. The molecular formula is C22H52NO5Si4+. The third-order valence-corrected chi connectivity index (χ3v) is 19.4. The number of unbranched alkanes of at least 4 members (excludes halogenated alkanes) is 1. The van der Waals surface area contributed by atoms with Gasteiger partial charge in [0, 0.05) is 0 Å². The van der Waals surface area contributed by atoms with Crippen molar-refractivity contribution in [3.8, 4) is 0 Å². The molecule has 0 rings (SSSR count). The van der Waals surface area contributed by atoms with E-state index in [1.165, 1.54) is 24.6 Å². The van der Waals surface area contributed by atoms with Crippen molar-refractivity contribution in [3.05, 3.63) is 12.8 Å². The summed E-state index contributed by atoms with van der Waals surface area (Å²) in [5.74, 6) is 0. The lowest BCUT2D eigenvalue weighted by Crippen LogP contribution is -2.47. The van der Waals surface area contributed by atoms with Crippen molar-refractivity contribution in [2.24, 2.45) is 0 Å². The second-order valence-corrected chi connectivity index (χ2v) is 30.2. The van der Waals surface area contributed by atoms with Crippen LogP contribution < -0.4 is 0 Å². The van der Waals surface area contributed by atoms with Crippen LogP contribution in [0.5, 0.6) is 0 Å². The Morgan fingerprint density at radius 2 is 1.28 bits per heavy atom. The van der Waals surface area contributed by atoms with Gasteiger partial charge in [-0.05, 0) is 89.9 Å². The average molecular weight is 523 g/mol. The van der Waals surface area contributed by atoms with E-state index in [1.54, 1.807) is 0 Å². The minimum atomic E-state index is -1.70. The molecule has 0 aromatic heterocycles. The molecule has 0 fully saturated rings. The van der Waals surface area contributed by atoms with Crippen LogP contribution in [0.3, 0.4) is 0 Å². The van der Waals surface area contributed by atoms with Gasteiger partial charge in [0.1, 0.15) is 13.2 Å². The van der Waals surface area contributed by atoms with E-state index >= 15 is 0 Å². The predicted octanol–water partition coefficient (Wildman–Crippen LogP) is 6.62. The molecule has 32 heavy (non-hydrogen) atoms. The summed E-state index contributed by atoms with van der Waals surface area (Å²) in [7, 11) is -2.13. The Hall–Kier alpha value is -0.242. The highest BCUT2D eigenvalue weighted by molar-refractivity contribution is 6.87. The van der Waals surface area contributed by atoms with E-state index in [9.17, 15) is 4.79 Å². The molecule has 0 amide bonds. The Morgan fingerprint density at radius 3 is 1.78 bits per heavy atom. The summed E-state index contributed by atoms with van der Waals surface area (Å²) in [5, 5.41) is 0. The van der Waals surface area contributed by atoms with Crippen LogP contribution in [0.15, 0.2) is 12.8 Å². The zero-order chi connectivity index (χ0) is 25.3. The summed E-state index contributed by atoms with van der Waals surface area (Å²) in [4.78, 5) is 11.2. The van der Waals surface area contributed by atoms with Gasteiger partial charge in [-0.2, -0.15) is 0 Å². The van der Waals surface area contributed by atoms with Crippen molar-refractivity contribution in [1.82, 2.24) is 0 Å². The Labute approximate surface area is 202 Å². The molecule has 0 saturated carbocycles. The highest BCUT2D eigenvalue weighted by Gasteiger charge is 2.36. The number of carbonyl (C=O) groups excluding carboxylic acids is 1. The van der Waals surface area contributed by atoms with Crippen LogP contribution in [0, 0.1) is 0 Å². The monoisotopic (exact) mass is 522 g/mol. The Balaban J connectivity index is 4.39. The van der Waals surface area contributed by atoms with Crippen LogP contribution in [0.25, 0.3) is 0 Å². The third kappa shape index (κ3) is 17.3. The molecule has 6 nitrogen and oxygen atoms in total. The quantitative estimate of drug-likeness (QED) is 0.0749. The third-order valence-electron chi connectivity index (χ3n) is 5.35. The van der Waals surface area contributed by atoms with Crippen molar-refractivity contribution in [2.45, 2.75) is 89.9 Å². The Bertz CT molecular complexity index is 589. The topological polar surface area (TPSA) is 54.0 Å². The van der Waals surface area contributed by atoms with Crippen molar-refractivity contribution in [1.29, 1.82) is 0 Å². The molecular weight excluding hydrogens is 471 g/mol. The maximum absolute atomic E-state index is 11.2. The fraction of sp³-hybridized carbons (Fsp3) is 0.864. The first kappa shape index (κ1) is 31.8. The maximum atomic E-state index is 11.2. The average Bonchev–Trinajstić information content (AvgIpc) is 2.54. The lowest BCUT2D eigenvalue weighted by atomic mass is 10.3. The summed E-state index contributed by atoms with van der Waals surface area (Å²) in [5.41, 5.74) is 0. The zero-order valence-corrected chi connectivity index (χ0v) is 26.9. The fourth-order valence-electron chi connectivity index (χ4n) is 4.01. The first-order valence-electron chi connectivity index (χ1n) is 11.9. The van der Waals surface area contributed by atoms with E-state index in [4.69, 9.17) is 13.0 Å². The molecule has 0 aromatic rings. The minimum Gasteiger partial charge on any atom is -0.456 e. The van der Waals surface area contributed by atoms with Gasteiger partial charge in [-0.15, -0.1) is 0 Å². The summed E-state index contributed by atoms with van der Waals surface area (Å²) < 4.78 is 23.8. The summed E-state index contributed by atoms with van der Waals surface area (Å²) >= 11 is 0. The number of carbonyl (C=O) groups is 1. The number of nitrogens with zero attached hydrogens (tertiary/aromatic N) is 1. The van der Waals surface area contributed by atoms with Crippen molar-refractivity contribution < 1.29 is 27.0 Å². The molecule has 0 bridgehead atoms. The summed E-state index contributed by atoms with van der Waals surface area (Å²) in [6.07, 6.45) is 2.74. The molecule has 0 saturated heterocycles. The number of ether oxygens (including phenoxy) is 2. The zero-order valence-electron chi connectivity index (χ0n) is 22.9. The number of hydrogen-bond donors (Lipinski definition) is 0. The minimum absolute atomic E-state index is 0.351. The van der Waals surface area contributed by atoms with Crippen molar-refractivity contribution in [2.75, 3.05) is 33.8 Å².